The lowest BCUT2D eigenvalue weighted by molar-refractivity contribution is -0.136. The molecule has 1 atom stereocenters. The van der Waals surface area contributed by atoms with Crippen LogP contribution in [-0.2, 0) is 29.3 Å². The lowest BCUT2D eigenvalue weighted by atomic mass is 10.0. The number of phenols is 1. The second kappa shape index (κ2) is 17.4. The number of piperidine rings is 1. The number of imide groups is 1. The molecular weight excluding hydrogens is 847 g/mol. The molecule has 2 fully saturated rings. The molecule has 2 aromatic heterocycles. The Kier molecular flexibility index (Phi) is 11.5. The van der Waals surface area contributed by atoms with Crippen molar-refractivity contribution in [2.45, 2.75) is 38.6 Å². The summed E-state index contributed by atoms with van der Waals surface area (Å²) in [6.07, 6.45) is 2.37. The van der Waals surface area contributed by atoms with Crippen LogP contribution in [0.3, 0.4) is 0 Å². The van der Waals surface area contributed by atoms with Crippen molar-refractivity contribution in [2.75, 3.05) is 39.3 Å². The predicted octanol–water partition coefficient (Wildman–Crippen LogP) is 7.76. The SMILES string of the molecule is O=C1CCC(N2Cc3c(OCc4ccc(CN5CCN(CCOc6ccc(Oc7c(-c8ccc(Br)cc8)sc8cc(O)ccc78)cc6)CC5)nc4)cccc3C2=O)C(=O)N1. The van der Waals surface area contributed by atoms with E-state index in [1.165, 1.54) is 4.90 Å². The number of fused-ring (bicyclic) bond motifs is 2. The first-order valence-corrected chi connectivity index (χ1v) is 21.5. The summed E-state index contributed by atoms with van der Waals surface area (Å²) >= 11 is 5.11. The fourth-order valence-electron chi connectivity index (χ4n) is 7.86. The quantitative estimate of drug-likeness (QED) is 0.111. The van der Waals surface area contributed by atoms with E-state index >= 15 is 0 Å². The summed E-state index contributed by atoms with van der Waals surface area (Å²) in [4.78, 5) is 49.3. The van der Waals surface area contributed by atoms with Crippen LogP contribution in [0.5, 0.6) is 28.7 Å². The molecule has 9 rings (SSSR count). The number of nitrogens with one attached hydrogen (secondary N) is 1. The highest BCUT2D eigenvalue weighted by molar-refractivity contribution is 9.10. The number of carbonyl (C=O) groups is 3. The third-order valence-electron chi connectivity index (χ3n) is 11.1. The first-order valence-electron chi connectivity index (χ1n) is 19.9. The number of rotatable bonds is 13. The number of aromatic nitrogens is 1. The van der Waals surface area contributed by atoms with Crippen molar-refractivity contribution in [3.8, 4) is 39.2 Å². The first kappa shape index (κ1) is 39.6. The van der Waals surface area contributed by atoms with Crippen molar-refractivity contribution in [1.29, 1.82) is 0 Å². The Bertz CT molecular complexity index is 2540. The monoisotopic (exact) mass is 887 g/mol. The van der Waals surface area contributed by atoms with Crippen LogP contribution in [0.4, 0.5) is 0 Å². The zero-order valence-electron chi connectivity index (χ0n) is 32.6. The normalized spacial score (nSPS) is 17.2. The minimum atomic E-state index is -0.669. The van der Waals surface area contributed by atoms with E-state index in [1.54, 1.807) is 35.6 Å². The van der Waals surface area contributed by atoms with E-state index in [0.717, 1.165) is 92.6 Å². The lowest BCUT2D eigenvalue weighted by Crippen LogP contribution is -2.52. The summed E-state index contributed by atoms with van der Waals surface area (Å²) in [6, 6.07) is 30.0. The molecule has 0 spiro atoms. The molecule has 0 aliphatic carbocycles. The number of hydrogen-bond donors (Lipinski definition) is 2. The minimum Gasteiger partial charge on any atom is -0.508 e. The van der Waals surface area contributed by atoms with E-state index in [-0.39, 0.29) is 30.5 Å². The highest BCUT2D eigenvalue weighted by atomic mass is 79.9. The van der Waals surface area contributed by atoms with Crippen molar-refractivity contribution in [3.05, 3.63) is 130 Å². The van der Waals surface area contributed by atoms with Gasteiger partial charge in [0, 0.05) is 83.1 Å². The minimum absolute atomic E-state index is 0.212. The second-order valence-electron chi connectivity index (χ2n) is 15.1. The summed E-state index contributed by atoms with van der Waals surface area (Å²) < 4.78 is 20.7. The van der Waals surface area contributed by atoms with Crippen molar-refractivity contribution in [3.63, 3.8) is 0 Å². The summed E-state index contributed by atoms with van der Waals surface area (Å²) in [5.41, 5.74) is 4.22. The van der Waals surface area contributed by atoms with E-state index in [2.05, 4.69) is 43.2 Å². The number of pyridine rings is 1. The highest BCUT2D eigenvalue weighted by Gasteiger charge is 2.40. The molecule has 3 aliphatic heterocycles. The van der Waals surface area contributed by atoms with Gasteiger partial charge in [0.25, 0.3) is 5.91 Å². The summed E-state index contributed by atoms with van der Waals surface area (Å²) in [6.45, 7) is 6.49. The Morgan fingerprint density at radius 3 is 2.42 bits per heavy atom. The standard InChI is InChI=1S/C46H42BrN5O7S/c47-31-7-5-30(6-8-31)44-43(37-15-10-33(53)24-41(37)60-44)59-35-13-11-34(12-14-35)57-23-22-50-18-20-51(21-19-50)26-32-9-4-29(25-48-32)28-58-40-3-1-2-36-38(40)27-52(46(36)56)39-16-17-42(54)49-45(39)55/h1-15,24-25,39,53H,16-23,26-28H2,(H,49,54,55). The Balaban J connectivity index is 0.716. The van der Waals surface area contributed by atoms with Gasteiger partial charge in [-0.1, -0.05) is 40.2 Å². The van der Waals surface area contributed by atoms with Crippen LogP contribution < -0.4 is 19.5 Å². The van der Waals surface area contributed by atoms with Crippen LogP contribution in [0, 0.1) is 0 Å². The molecule has 0 radical (unpaired) electrons. The van der Waals surface area contributed by atoms with E-state index < -0.39 is 11.9 Å². The average molecular weight is 889 g/mol. The van der Waals surface area contributed by atoms with Crippen LogP contribution in [0.15, 0.2) is 108 Å². The van der Waals surface area contributed by atoms with Crippen molar-refractivity contribution in [2.24, 2.45) is 0 Å². The fraction of sp³-hybridized carbons (Fsp3) is 0.261. The molecular formula is C46H42BrN5O7S. The second-order valence-corrected chi connectivity index (χ2v) is 17.1. The maximum Gasteiger partial charge on any atom is 0.255 e. The zero-order valence-corrected chi connectivity index (χ0v) is 35.0. The van der Waals surface area contributed by atoms with Gasteiger partial charge in [-0.15, -0.1) is 11.3 Å². The summed E-state index contributed by atoms with van der Waals surface area (Å²) in [5, 5.41) is 13.4. The number of hydrogen-bond acceptors (Lipinski definition) is 11. The maximum absolute atomic E-state index is 13.2. The van der Waals surface area contributed by atoms with Gasteiger partial charge in [0.15, 0.2) is 5.75 Å². The smallest absolute Gasteiger partial charge is 0.255 e. The Hall–Kier alpha value is -5.80. The average Bonchev–Trinajstić information content (AvgIpc) is 3.78. The Morgan fingerprint density at radius 1 is 0.867 bits per heavy atom. The van der Waals surface area contributed by atoms with Crippen LogP contribution in [-0.4, -0.2) is 87.9 Å². The van der Waals surface area contributed by atoms with Gasteiger partial charge in [0.1, 0.15) is 42.3 Å². The van der Waals surface area contributed by atoms with Crippen LogP contribution in [0.1, 0.15) is 40.0 Å². The number of thiophene rings is 1. The van der Waals surface area contributed by atoms with Gasteiger partial charge >= 0.3 is 0 Å². The molecule has 6 aromatic rings. The Labute approximate surface area is 359 Å². The molecule has 0 saturated carbocycles. The largest absolute Gasteiger partial charge is 0.508 e. The number of piperazine rings is 1. The molecule has 0 bridgehead atoms. The molecule has 306 valence electrons. The first-order chi connectivity index (χ1) is 29.2. The molecule has 2 N–H and O–H groups in total. The molecule has 5 heterocycles. The molecule has 60 heavy (non-hydrogen) atoms. The zero-order chi connectivity index (χ0) is 41.2. The summed E-state index contributed by atoms with van der Waals surface area (Å²) in [5.74, 6) is 2.12. The fourth-order valence-corrected chi connectivity index (χ4v) is 9.29. The van der Waals surface area contributed by atoms with Gasteiger partial charge in [-0.05, 0) is 84.8 Å². The highest BCUT2D eigenvalue weighted by Crippen LogP contribution is 2.47. The number of amides is 3. The van der Waals surface area contributed by atoms with E-state index in [9.17, 15) is 19.5 Å². The molecule has 12 nitrogen and oxygen atoms in total. The number of halogens is 1. The Morgan fingerprint density at radius 2 is 1.65 bits per heavy atom. The van der Waals surface area contributed by atoms with Crippen LogP contribution in [0.2, 0.25) is 0 Å². The van der Waals surface area contributed by atoms with Crippen molar-refractivity contribution in [1.82, 2.24) is 25.0 Å². The van der Waals surface area contributed by atoms with Crippen LogP contribution >= 0.6 is 27.3 Å². The third-order valence-corrected chi connectivity index (χ3v) is 12.8. The van der Waals surface area contributed by atoms with Crippen LogP contribution in [0.25, 0.3) is 20.5 Å². The lowest BCUT2D eigenvalue weighted by Gasteiger charge is -2.34. The van der Waals surface area contributed by atoms with Crippen molar-refractivity contribution >= 4 is 55.1 Å². The molecule has 3 amide bonds. The molecule has 14 heteroatoms. The number of benzene rings is 4. The van der Waals surface area contributed by atoms with E-state index in [4.69, 9.17) is 19.2 Å². The number of ether oxygens (including phenoxy) is 3. The van der Waals surface area contributed by atoms with Gasteiger partial charge in [-0.2, -0.15) is 0 Å². The van der Waals surface area contributed by atoms with E-state index in [1.807, 2.05) is 66.9 Å². The van der Waals surface area contributed by atoms with Gasteiger partial charge in [0.05, 0.1) is 17.1 Å². The van der Waals surface area contributed by atoms with Gasteiger partial charge < -0.3 is 24.2 Å². The van der Waals surface area contributed by atoms with Gasteiger partial charge in [0.2, 0.25) is 11.8 Å². The number of nitrogens with zero attached hydrogens (tertiary/aromatic N) is 4. The number of carbonyl (C=O) groups excluding carboxylic acids is 3. The topological polar surface area (TPSA) is 134 Å². The predicted molar refractivity (Wildman–Crippen MR) is 231 cm³/mol. The molecule has 1 unspecified atom stereocenters. The van der Waals surface area contributed by atoms with Gasteiger partial charge in [-0.3, -0.25) is 34.5 Å². The number of aromatic hydroxyl groups is 1. The van der Waals surface area contributed by atoms with E-state index in [0.29, 0.717) is 36.7 Å². The third kappa shape index (κ3) is 8.73. The van der Waals surface area contributed by atoms with Gasteiger partial charge in [-0.25, -0.2) is 0 Å². The summed E-state index contributed by atoms with van der Waals surface area (Å²) in [7, 11) is 0. The molecule has 4 aromatic carbocycles. The maximum atomic E-state index is 13.2. The van der Waals surface area contributed by atoms with Crippen molar-refractivity contribution < 1.29 is 33.7 Å². The number of phenolic OH excluding ortho intramolecular Hbond substituents is 1. The molecule has 2 saturated heterocycles. The molecule has 3 aliphatic rings.